The molecule has 0 aliphatic carbocycles. The average molecular weight is 527 g/mol. The molecule has 0 unspecified atom stereocenters. The molecule has 0 amide bonds. The van der Waals surface area contributed by atoms with Gasteiger partial charge in [0.2, 0.25) is 0 Å². The number of thiazole rings is 1. The number of rotatable bonds is 5. The van der Waals surface area contributed by atoms with E-state index in [1.807, 2.05) is 22.2 Å². The summed E-state index contributed by atoms with van der Waals surface area (Å²) in [6.45, 7) is 5.18. The van der Waals surface area contributed by atoms with Crippen LogP contribution >= 0.6 is 35.3 Å². The Kier molecular flexibility index (Phi) is 7.23. The summed E-state index contributed by atoms with van der Waals surface area (Å²) in [5.74, 6) is 2.47. The Balaban J connectivity index is 0.00000240. The van der Waals surface area contributed by atoms with E-state index in [4.69, 9.17) is 14.5 Å². The number of fused-ring (bicyclic) bond motifs is 2. The molecule has 0 saturated heterocycles. The number of imidazole rings is 1. The second-order valence-electron chi connectivity index (χ2n) is 6.64. The molecule has 1 aliphatic rings. The Labute approximate surface area is 191 Å². The lowest BCUT2D eigenvalue weighted by molar-refractivity contribution is 0.346. The molecular formula is C20H26IN5O2S. The SMILES string of the molecule is CCNC(=NCc1cn2ccsc2n1)N1CCc2cc(OC)c(OC)cc2C1.I. The zero-order valence-corrected chi connectivity index (χ0v) is 20.0. The van der Waals surface area contributed by atoms with Crippen LogP contribution in [-0.4, -0.2) is 47.6 Å². The van der Waals surface area contributed by atoms with Gasteiger partial charge in [0.1, 0.15) is 0 Å². The zero-order chi connectivity index (χ0) is 19.5. The molecule has 1 N–H and O–H groups in total. The third kappa shape index (κ3) is 4.61. The van der Waals surface area contributed by atoms with E-state index in [-0.39, 0.29) is 24.0 Å². The number of aliphatic imine (C=N–C) groups is 1. The average Bonchev–Trinajstić information content (AvgIpc) is 3.31. The highest BCUT2D eigenvalue weighted by molar-refractivity contribution is 14.0. The van der Waals surface area contributed by atoms with Gasteiger partial charge < -0.3 is 19.7 Å². The van der Waals surface area contributed by atoms with Crippen LogP contribution in [0.25, 0.3) is 4.96 Å². The minimum atomic E-state index is 0. The largest absolute Gasteiger partial charge is 0.493 e. The molecule has 156 valence electrons. The third-order valence-electron chi connectivity index (χ3n) is 4.89. The summed E-state index contributed by atoms with van der Waals surface area (Å²) in [5.41, 5.74) is 3.53. The van der Waals surface area contributed by atoms with E-state index in [0.717, 1.165) is 54.2 Å². The summed E-state index contributed by atoms with van der Waals surface area (Å²) >= 11 is 1.63. The van der Waals surface area contributed by atoms with Gasteiger partial charge in [-0.15, -0.1) is 35.3 Å². The van der Waals surface area contributed by atoms with Crippen LogP contribution in [0, 0.1) is 0 Å². The number of nitrogens with zero attached hydrogens (tertiary/aromatic N) is 4. The van der Waals surface area contributed by atoms with Gasteiger partial charge in [-0.3, -0.25) is 4.40 Å². The maximum Gasteiger partial charge on any atom is 0.194 e. The summed E-state index contributed by atoms with van der Waals surface area (Å²) in [7, 11) is 3.35. The number of guanidine groups is 1. The van der Waals surface area contributed by atoms with Crippen LogP contribution < -0.4 is 14.8 Å². The summed E-state index contributed by atoms with van der Waals surface area (Å²) in [5, 5.41) is 5.46. The van der Waals surface area contributed by atoms with Gasteiger partial charge in [-0.1, -0.05) is 0 Å². The van der Waals surface area contributed by atoms with Gasteiger partial charge in [-0.2, -0.15) is 0 Å². The molecule has 0 spiro atoms. The topological polar surface area (TPSA) is 63.4 Å². The van der Waals surface area contributed by atoms with E-state index in [0.29, 0.717) is 6.54 Å². The van der Waals surface area contributed by atoms with Gasteiger partial charge in [0.05, 0.1) is 26.5 Å². The number of methoxy groups -OCH3 is 2. The highest BCUT2D eigenvalue weighted by Crippen LogP contribution is 2.33. The van der Waals surface area contributed by atoms with Crippen LogP contribution in [0.2, 0.25) is 0 Å². The highest BCUT2D eigenvalue weighted by Gasteiger charge is 2.21. The molecule has 3 aromatic rings. The maximum atomic E-state index is 5.47. The van der Waals surface area contributed by atoms with Crippen LogP contribution in [0.1, 0.15) is 23.7 Å². The van der Waals surface area contributed by atoms with Crippen LogP contribution in [0.3, 0.4) is 0 Å². The Morgan fingerprint density at radius 1 is 1.24 bits per heavy atom. The molecule has 7 nitrogen and oxygen atoms in total. The van der Waals surface area contributed by atoms with Crippen LogP contribution in [-0.2, 0) is 19.5 Å². The number of halogens is 1. The van der Waals surface area contributed by atoms with E-state index in [1.54, 1.807) is 25.6 Å². The first-order chi connectivity index (χ1) is 13.7. The highest BCUT2D eigenvalue weighted by atomic mass is 127. The minimum absolute atomic E-state index is 0. The predicted molar refractivity (Wildman–Crippen MR) is 127 cm³/mol. The number of hydrogen-bond donors (Lipinski definition) is 1. The van der Waals surface area contributed by atoms with Crippen molar-refractivity contribution in [3.05, 3.63) is 46.7 Å². The van der Waals surface area contributed by atoms with Crippen LogP contribution in [0.4, 0.5) is 0 Å². The van der Waals surface area contributed by atoms with Crippen molar-refractivity contribution in [3.8, 4) is 11.5 Å². The summed E-state index contributed by atoms with van der Waals surface area (Å²) in [4.78, 5) is 12.8. The molecule has 0 radical (unpaired) electrons. The van der Waals surface area contributed by atoms with Crippen molar-refractivity contribution in [1.82, 2.24) is 19.6 Å². The third-order valence-corrected chi connectivity index (χ3v) is 5.66. The Morgan fingerprint density at radius 3 is 2.69 bits per heavy atom. The second-order valence-corrected chi connectivity index (χ2v) is 7.52. The van der Waals surface area contributed by atoms with Gasteiger partial charge in [0, 0.05) is 37.4 Å². The Hall–Kier alpha value is -2.01. The maximum absolute atomic E-state index is 5.47. The first kappa shape index (κ1) is 21.7. The summed E-state index contributed by atoms with van der Waals surface area (Å²) in [6, 6.07) is 4.17. The fourth-order valence-corrected chi connectivity index (χ4v) is 4.22. The molecule has 2 aromatic heterocycles. The molecular weight excluding hydrogens is 501 g/mol. The van der Waals surface area contributed by atoms with E-state index in [2.05, 4.69) is 34.3 Å². The molecule has 29 heavy (non-hydrogen) atoms. The summed E-state index contributed by atoms with van der Waals surface area (Å²) < 4.78 is 13.0. The Bertz CT molecular complexity index is 972. The van der Waals surface area contributed by atoms with Crippen molar-refractivity contribution in [1.29, 1.82) is 0 Å². The molecule has 1 aromatic carbocycles. The standard InChI is InChI=1S/C20H25N5O2S.HI/c1-4-21-19(22-11-16-13-25-7-8-28-20(25)23-16)24-6-5-14-9-17(26-2)18(27-3)10-15(14)12-24;/h7-10,13H,4-6,11-12H2,1-3H3,(H,21,22);1H. The van der Waals surface area contributed by atoms with Crippen molar-refractivity contribution in [2.24, 2.45) is 4.99 Å². The van der Waals surface area contributed by atoms with E-state index in [1.165, 1.54) is 11.1 Å². The quantitative estimate of drug-likeness (QED) is 0.313. The number of hydrogen-bond acceptors (Lipinski definition) is 5. The number of aromatic nitrogens is 2. The van der Waals surface area contributed by atoms with Crippen molar-refractivity contribution in [2.45, 2.75) is 26.4 Å². The molecule has 4 rings (SSSR count). The number of benzene rings is 1. The molecule has 0 fully saturated rings. The molecule has 0 atom stereocenters. The lowest BCUT2D eigenvalue weighted by Gasteiger charge is -2.32. The fraction of sp³-hybridized carbons (Fsp3) is 0.400. The number of nitrogens with one attached hydrogen (secondary N) is 1. The smallest absolute Gasteiger partial charge is 0.194 e. The second kappa shape index (κ2) is 9.66. The van der Waals surface area contributed by atoms with Gasteiger partial charge in [-0.25, -0.2) is 9.98 Å². The van der Waals surface area contributed by atoms with Crippen molar-refractivity contribution < 1.29 is 9.47 Å². The van der Waals surface area contributed by atoms with E-state index >= 15 is 0 Å². The number of ether oxygens (including phenoxy) is 2. The minimum Gasteiger partial charge on any atom is -0.493 e. The van der Waals surface area contributed by atoms with Crippen molar-refractivity contribution >= 4 is 46.2 Å². The van der Waals surface area contributed by atoms with Crippen LogP contribution in [0.5, 0.6) is 11.5 Å². The van der Waals surface area contributed by atoms with Crippen molar-refractivity contribution in [3.63, 3.8) is 0 Å². The first-order valence-electron chi connectivity index (χ1n) is 9.40. The normalized spacial score (nSPS) is 13.8. The van der Waals surface area contributed by atoms with Crippen molar-refractivity contribution in [2.75, 3.05) is 27.3 Å². The molecule has 0 bridgehead atoms. The lowest BCUT2D eigenvalue weighted by atomic mass is 9.99. The van der Waals surface area contributed by atoms with Gasteiger partial charge in [0.15, 0.2) is 22.4 Å². The monoisotopic (exact) mass is 527 g/mol. The fourth-order valence-electron chi connectivity index (χ4n) is 3.50. The zero-order valence-electron chi connectivity index (χ0n) is 16.8. The predicted octanol–water partition coefficient (Wildman–Crippen LogP) is 3.55. The van der Waals surface area contributed by atoms with Gasteiger partial charge in [-0.05, 0) is 36.6 Å². The molecule has 3 heterocycles. The lowest BCUT2D eigenvalue weighted by Crippen LogP contribution is -2.44. The molecule has 1 aliphatic heterocycles. The van der Waals surface area contributed by atoms with Gasteiger partial charge in [0.25, 0.3) is 0 Å². The first-order valence-corrected chi connectivity index (χ1v) is 10.3. The van der Waals surface area contributed by atoms with Gasteiger partial charge >= 0.3 is 0 Å². The van der Waals surface area contributed by atoms with E-state index < -0.39 is 0 Å². The van der Waals surface area contributed by atoms with Crippen LogP contribution in [0.15, 0.2) is 34.9 Å². The summed E-state index contributed by atoms with van der Waals surface area (Å²) in [6.07, 6.45) is 5.01. The molecule has 9 heteroatoms. The molecule has 0 saturated carbocycles. The Morgan fingerprint density at radius 2 is 2.00 bits per heavy atom. The van der Waals surface area contributed by atoms with E-state index in [9.17, 15) is 0 Å².